The lowest BCUT2D eigenvalue weighted by Crippen LogP contribution is -2.45. The molecule has 1 heterocycles. The SMILES string of the molecule is CCCC(=O)NN(Cc1cccnc1)S(=O)(=O)c1ccc2ccccc2c1. The summed E-state index contributed by atoms with van der Waals surface area (Å²) in [6, 6.07) is 16.0. The zero-order valence-corrected chi connectivity index (χ0v) is 15.8. The van der Waals surface area contributed by atoms with Gasteiger partial charge in [0, 0.05) is 18.8 Å². The largest absolute Gasteiger partial charge is 0.275 e. The maximum atomic E-state index is 13.2. The quantitative estimate of drug-likeness (QED) is 0.635. The van der Waals surface area contributed by atoms with Crippen LogP contribution in [0.1, 0.15) is 25.3 Å². The molecule has 0 aliphatic carbocycles. The fourth-order valence-electron chi connectivity index (χ4n) is 2.72. The molecule has 0 atom stereocenters. The average Bonchev–Trinajstić information content (AvgIpc) is 2.68. The molecule has 3 rings (SSSR count). The molecule has 0 fully saturated rings. The summed E-state index contributed by atoms with van der Waals surface area (Å²) >= 11 is 0. The molecule has 7 heteroatoms. The lowest BCUT2D eigenvalue weighted by molar-refractivity contribution is -0.124. The summed E-state index contributed by atoms with van der Waals surface area (Å²) in [5, 5.41) is 1.77. The van der Waals surface area contributed by atoms with Gasteiger partial charge in [-0.1, -0.05) is 43.3 Å². The van der Waals surface area contributed by atoms with Gasteiger partial charge in [0.05, 0.1) is 11.4 Å². The van der Waals surface area contributed by atoms with E-state index in [0.29, 0.717) is 12.0 Å². The van der Waals surface area contributed by atoms with Gasteiger partial charge in [0.2, 0.25) is 5.91 Å². The monoisotopic (exact) mass is 383 g/mol. The van der Waals surface area contributed by atoms with Gasteiger partial charge >= 0.3 is 0 Å². The number of hydrogen-bond donors (Lipinski definition) is 1. The summed E-state index contributed by atoms with van der Waals surface area (Å²) in [7, 11) is -3.93. The minimum absolute atomic E-state index is 0.00153. The molecule has 3 aromatic rings. The highest BCUT2D eigenvalue weighted by molar-refractivity contribution is 7.89. The van der Waals surface area contributed by atoms with Crippen LogP contribution in [0.25, 0.3) is 10.8 Å². The second-order valence-corrected chi connectivity index (χ2v) is 8.03. The molecule has 0 radical (unpaired) electrons. The Morgan fingerprint density at radius 2 is 1.85 bits per heavy atom. The van der Waals surface area contributed by atoms with Crippen LogP contribution in [0.2, 0.25) is 0 Å². The summed E-state index contributed by atoms with van der Waals surface area (Å²) < 4.78 is 27.4. The van der Waals surface area contributed by atoms with Crippen LogP contribution < -0.4 is 5.43 Å². The van der Waals surface area contributed by atoms with Crippen molar-refractivity contribution in [2.24, 2.45) is 0 Å². The number of hydrogen-bond acceptors (Lipinski definition) is 4. The Morgan fingerprint density at radius 1 is 1.07 bits per heavy atom. The molecular weight excluding hydrogens is 362 g/mol. The van der Waals surface area contributed by atoms with Crippen molar-refractivity contribution in [2.45, 2.75) is 31.2 Å². The highest BCUT2D eigenvalue weighted by Gasteiger charge is 2.26. The molecule has 2 aromatic carbocycles. The van der Waals surface area contributed by atoms with Gasteiger partial charge in [-0.3, -0.25) is 15.2 Å². The van der Waals surface area contributed by atoms with E-state index in [2.05, 4.69) is 10.4 Å². The average molecular weight is 383 g/mol. The lowest BCUT2D eigenvalue weighted by Gasteiger charge is -2.23. The Hall–Kier alpha value is -2.77. The number of rotatable bonds is 7. The maximum Gasteiger partial charge on any atom is 0.260 e. The highest BCUT2D eigenvalue weighted by atomic mass is 32.2. The van der Waals surface area contributed by atoms with Gasteiger partial charge in [0.1, 0.15) is 0 Å². The summed E-state index contributed by atoms with van der Waals surface area (Å²) in [4.78, 5) is 16.2. The van der Waals surface area contributed by atoms with Crippen LogP contribution in [0.3, 0.4) is 0 Å². The third-order valence-electron chi connectivity index (χ3n) is 4.08. The first-order chi connectivity index (χ1) is 13.0. The Balaban J connectivity index is 1.97. The number of nitrogens with zero attached hydrogens (tertiary/aromatic N) is 2. The normalized spacial score (nSPS) is 11.6. The fourth-order valence-corrected chi connectivity index (χ4v) is 4.03. The molecule has 0 saturated carbocycles. The smallest absolute Gasteiger partial charge is 0.260 e. The second kappa shape index (κ2) is 8.28. The van der Waals surface area contributed by atoms with Crippen molar-refractivity contribution in [3.05, 3.63) is 72.6 Å². The van der Waals surface area contributed by atoms with Crippen LogP contribution in [-0.4, -0.2) is 23.7 Å². The molecule has 0 bridgehead atoms. The van der Waals surface area contributed by atoms with E-state index in [4.69, 9.17) is 0 Å². The van der Waals surface area contributed by atoms with Crippen molar-refractivity contribution in [1.82, 2.24) is 14.8 Å². The minimum atomic E-state index is -3.93. The molecular formula is C20H21N3O3S. The number of sulfonamides is 1. The number of carbonyl (C=O) groups is 1. The number of fused-ring (bicyclic) bond motifs is 1. The molecule has 6 nitrogen and oxygen atoms in total. The van der Waals surface area contributed by atoms with Crippen molar-refractivity contribution in [3.8, 4) is 0 Å². The number of amides is 1. The number of carbonyl (C=O) groups excluding carboxylic acids is 1. The summed E-state index contributed by atoms with van der Waals surface area (Å²) in [5.41, 5.74) is 3.21. The first kappa shape index (κ1) is 19.0. The maximum absolute atomic E-state index is 13.2. The van der Waals surface area contributed by atoms with E-state index in [9.17, 15) is 13.2 Å². The van der Waals surface area contributed by atoms with Crippen molar-refractivity contribution in [2.75, 3.05) is 0 Å². The van der Waals surface area contributed by atoms with E-state index in [-0.39, 0.29) is 23.8 Å². The Bertz CT molecular complexity index is 1040. The van der Waals surface area contributed by atoms with Crippen molar-refractivity contribution >= 4 is 26.7 Å². The molecule has 140 valence electrons. The highest BCUT2D eigenvalue weighted by Crippen LogP contribution is 2.22. The van der Waals surface area contributed by atoms with Gasteiger partial charge in [0.25, 0.3) is 10.0 Å². The third kappa shape index (κ3) is 4.50. The fraction of sp³-hybridized carbons (Fsp3) is 0.200. The molecule has 1 N–H and O–H groups in total. The Kier molecular flexibility index (Phi) is 5.83. The second-order valence-electron chi connectivity index (χ2n) is 6.17. The van der Waals surface area contributed by atoms with Crippen molar-refractivity contribution in [1.29, 1.82) is 0 Å². The zero-order chi connectivity index (χ0) is 19.3. The lowest BCUT2D eigenvalue weighted by atomic mass is 10.1. The number of pyridine rings is 1. The van der Waals surface area contributed by atoms with Crippen molar-refractivity contribution in [3.63, 3.8) is 0 Å². The summed E-state index contributed by atoms with van der Waals surface area (Å²) in [5.74, 6) is -0.342. The summed E-state index contributed by atoms with van der Waals surface area (Å²) in [6.45, 7) is 1.86. The van der Waals surface area contributed by atoms with Crippen LogP contribution in [0.5, 0.6) is 0 Å². The van der Waals surface area contributed by atoms with Gasteiger partial charge in [-0.05, 0) is 41.0 Å². The van der Waals surface area contributed by atoms with Gasteiger partial charge in [-0.25, -0.2) is 8.42 Å². The minimum Gasteiger partial charge on any atom is -0.275 e. The van der Waals surface area contributed by atoms with E-state index in [1.807, 2.05) is 31.2 Å². The zero-order valence-electron chi connectivity index (χ0n) is 15.0. The molecule has 1 amide bonds. The topological polar surface area (TPSA) is 79.4 Å². The van der Waals surface area contributed by atoms with Crippen LogP contribution in [-0.2, 0) is 21.4 Å². The van der Waals surface area contributed by atoms with Crippen molar-refractivity contribution < 1.29 is 13.2 Å². The first-order valence-electron chi connectivity index (χ1n) is 8.70. The predicted molar refractivity (Wildman–Crippen MR) is 104 cm³/mol. The number of benzene rings is 2. The molecule has 0 aliphatic rings. The van der Waals surface area contributed by atoms with E-state index in [1.54, 1.807) is 42.7 Å². The Labute approximate surface area is 158 Å². The molecule has 0 aliphatic heterocycles. The predicted octanol–water partition coefficient (Wildman–Crippen LogP) is 3.26. The van der Waals surface area contributed by atoms with Crippen LogP contribution in [0.15, 0.2) is 71.9 Å². The standard InChI is InChI=1S/C20H21N3O3S/c1-2-6-20(24)22-23(15-16-7-5-12-21-14-16)27(25,26)19-11-10-17-8-3-4-9-18(17)13-19/h3-5,7-14H,2,6,15H2,1H3,(H,22,24). The first-order valence-corrected chi connectivity index (χ1v) is 10.1. The Morgan fingerprint density at radius 3 is 2.56 bits per heavy atom. The number of hydrazine groups is 1. The van der Waals surface area contributed by atoms with Gasteiger partial charge < -0.3 is 0 Å². The molecule has 0 saturated heterocycles. The van der Waals surface area contributed by atoms with E-state index >= 15 is 0 Å². The van der Waals surface area contributed by atoms with E-state index < -0.39 is 10.0 Å². The molecule has 1 aromatic heterocycles. The summed E-state index contributed by atoms with van der Waals surface area (Å²) in [6.07, 6.45) is 4.07. The number of aromatic nitrogens is 1. The molecule has 0 unspecified atom stereocenters. The van der Waals surface area contributed by atoms with E-state index in [1.165, 1.54) is 0 Å². The number of nitrogens with one attached hydrogen (secondary N) is 1. The third-order valence-corrected chi connectivity index (χ3v) is 5.73. The van der Waals surface area contributed by atoms with Crippen LogP contribution in [0, 0.1) is 0 Å². The molecule has 0 spiro atoms. The van der Waals surface area contributed by atoms with Gasteiger partial charge in [0.15, 0.2) is 0 Å². The molecule has 27 heavy (non-hydrogen) atoms. The van der Waals surface area contributed by atoms with Gasteiger partial charge in [-0.15, -0.1) is 4.41 Å². The van der Waals surface area contributed by atoms with Crippen LogP contribution >= 0.6 is 0 Å². The van der Waals surface area contributed by atoms with Crippen LogP contribution in [0.4, 0.5) is 0 Å². The van der Waals surface area contributed by atoms with Gasteiger partial charge in [-0.2, -0.15) is 0 Å². The van der Waals surface area contributed by atoms with E-state index in [0.717, 1.165) is 15.2 Å².